The van der Waals surface area contributed by atoms with Gasteiger partial charge in [-0.3, -0.25) is 0 Å². The number of para-hydroxylation sites is 1. The summed E-state index contributed by atoms with van der Waals surface area (Å²) < 4.78 is 5.46. The fraction of sp³-hybridized carbons (Fsp3) is 0.500. The van der Waals surface area contributed by atoms with Gasteiger partial charge in [0.1, 0.15) is 6.07 Å². The van der Waals surface area contributed by atoms with Crippen molar-refractivity contribution in [3.8, 4) is 6.07 Å². The Morgan fingerprint density at radius 2 is 2.06 bits per heavy atom. The number of rotatable bonds is 7. The number of hydrogen-bond acceptors (Lipinski definition) is 3. The highest BCUT2D eigenvalue weighted by Gasteiger charge is 1.99. The smallest absolute Gasteiger partial charge is 0.101 e. The standard InChI is InChI=1S/C14H20N2O/c1-12(2)17-10-6-5-9-16-14-8-4-3-7-13(14)11-15/h3-4,7-8,12,16H,5-6,9-10H2,1-2H3. The van der Waals surface area contributed by atoms with Gasteiger partial charge in [0, 0.05) is 13.2 Å². The van der Waals surface area contributed by atoms with Crippen molar-refractivity contribution in [2.24, 2.45) is 0 Å². The van der Waals surface area contributed by atoms with Crippen LogP contribution in [0.4, 0.5) is 5.69 Å². The molecular formula is C14H20N2O. The first kappa shape index (κ1) is 13.5. The second-order valence-corrected chi connectivity index (χ2v) is 4.21. The highest BCUT2D eigenvalue weighted by molar-refractivity contribution is 5.56. The van der Waals surface area contributed by atoms with E-state index in [1.165, 1.54) is 0 Å². The molecule has 1 aromatic carbocycles. The summed E-state index contributed by atoms with van der Waals surface area (Å²) in [6.07, 6.45) is 2.40. The van der Waals surface area contributed by atoms with E-state index in [1.807, 2.05) is 38.1 Å². The third-order valence-corrected chi connectivity index (χ3v) is 2.39. The zero-order chi connectivity index (χ0) is 12.5. The van der Waals surface area contributed by atoms with E-state index in [0.29, 0.717) is 11.7 Å². The minimum absolute atomic E-state index is 0.308. The molecule has 92 valence electrons. The molecule has 1 N–H and O–H groups in total. The molecule has 0 amide bonds. The Bertz CT molecular complexity index is 369. The first-order valence-electron chi connectivity index (χ1n) is 6.08. The molecule has 0 aliphatic heterocycles. The number of nitrogens with zero attached hydrogens (tertiary/aromatic N) is 1. The summed E-state index contributed by atoms with van der Waals surface area (Å²) in [7, 11) is 0. The van der Waals surface area contributed by atoms with Gasteiger partial charge in [-0.15, -0.1) is 0 Å². The molecule has 0 heterocycles. The maximum absolute atomic E-state index is 8.91. The van der Waals surface area contributed by atoms with Crippen LogP contribution < -0.4 is 5.32 Å². The Kier molecular flexibility index (Phi) is 6.13. The predicted octanol–water partition coefficient (Wildman–Crippen LogP) is 3.18. The minimum Gasteiger partial charge on any atom is -0.384 e. The number of ether oxygens (including phenoxy) is 1. The van der Waals surface area contributed by atoms with Crippen molar-refractivity contribution in [2.75, 3.05) is 18.5 Å². The highest BCUT2D eigenvalue weighted by Crippen LogP contribution is 2.13. The van der Waals surface area contributed by atoms with Gasteiger partial charge in [0.2, 0.25) is 0 Å². The van der Waals surface area contributed by atoms with Gasteiger partial charge in [0.25, 0.3) is 0 Å². The predicted molar refractivity (Wildman–Crippen MR) is 70.0 cm³/mol. The van der Waals surface area contributed by atoms with E-state index in [4.69, 9.17) is 10.00 Å². The topological polar surface area (TPSA) is 45.0 Å². The number of hydrogen-bond donors (Lipinski definition) is 1. The molecule has 0 aliphatic rings. The van der Waals surface area contributed by atoms with Crippen molar-refractivity contribution in [2.45, 2.75) is 32.8 Å². The van der Waals surface area contributed by atoms with Crippen LogP contribution in [0.1, 0.15) is 32.3 Å². The second kappa shape index (κ2) is 7.70. The van der Waals surface area contributed by atoms with Crippen LogP contribution in [0.15, 0.2) is 24.3 Å². The summed E-state index contributed by atoms with van der Waals surface area (Å²) in [6.45, 7) is 5.77. The minimum atomic E-state index is 0.308. The molecule has 3 heteroatoms. The maximum Gasteiger partial charge on any atom is 0.101 e. The molecule has 0 bridgehead atoms. The molecule has 0 spiro atoms. The van der Waals surface area contributed by atoms with E-state index in [2.05, 4.69) is 11.4 Å². The Labute approximate surface area is 103 Å². The number of unbranched alkanes of at least 4 members (excludes halogenated alkanes) is 1. The molecule has 0 unspecified atom stereocenters. The van der Waals surface area contributed by atoms with Crippen molar-refractivity contribution in [3.05, 3.63) is 29.8 Å². The lowest BCUT2D eigenvalue weighted by molar-refractivity contribution is 0.0765. The average Bonchev–Trinajstić information content (AvgIpc) is 2.33. The van der Waals surface area contributed by atoms with Crippen LogP contribution in [0, 0.1) is 11.3 Å². The number of nitrogens with one attached hydrogen (secondary N) is 1. The van der Waals surface area contributed by atoms with Gasteiger partial charge in [-0.25, -0.2) is 0 Å². The number of anilines is 1. The summed E-state index contributed by atoms with van der Waals surface area (Å²) in [5.74, 6) is 0. The molecule has 0 saturated carbocycles. The number of nitriles is 1. The Balaban J connectivity index is 2.20. The summed E-state index contributed by atoms with van der Waals surface area (Å²) >= 11 is 0. The van der Waals surface area contributed by atoms with Crippen molar-refractivity contribution < 1.29 is 4.74 Å². The number of benzene rings is 1. The van der Waals surface area contributed by atoms with E-state index in [0.717, 1.165) is 31.7 Å². The van der Waals surface area contributed by atoms with Crippen molar-refractivity contribution >= 4 is 5.69 Å². The quantitative estimate of drug-likeness (QED) is 0.734. The summed E-state index contributed by atoms with van der Waals surface area (Å²) in [4.78, 5) is 0. The lowest BCUT2D eigenvalue weighted by Crippen LogP contribution is -2.07. The van der Waals surface area contributed by atoms with Gasteiger partial charge in [0.05, 0.1) is 17.4 Å². The molecule has 3 nitrogen and oxygen atoms in total. The zero-order valence-corrected chi connectivity index (χ0v) is 10.6. The molecule has 0 aromatic heterocycles. The van der Waals surface area contributed by atoms with Crippen LogP contribution in [-0.4, -0.2) is 19.3 Å². The normalized spacial score (nSPS) is 10.2. The Morgan fingerprint density at radius 1 is 1.29 bits per heavy atom. The second-order valence-electron chi connectivity index (χ2n) is 4.21. The highest BCUT2D eigenvalue weighted by atomic mass is 16.5. The summed E-state index contributed by atoms with van der Waals surface area (Å²) in [6, 6.07) is 9.74. The average molecular weight is 232 g/mol. The lowest BCUT2D eigenvalue weighted by atomic mass is 10.2. The van der Waals surface area contributed by atoms with E-state index < -0.39 is 0 Å². The zero-order valence-electron chi connectivity index (χ0n) is 10.6. The molecule has 0 atom stereocenters. The van der Waals surface area contributed by atoms with Crippen molar-refractivity contribution in [3.63, 3.8) is 0 Å². The molecule has 0 radical (unpaired) electrons. The Morgan fingerprint density at radius 3 is 2.76 bits per heavy atom. The van der Waals surface area contributed by atoms with Crippen LogP contribution in [0.5, 0.6) is 0 Å². The fourth-order valence-corrected chi connectivity index (χ4v) is 1.50. The molecule has 1 rings (SSSR count). The molecule has 0 fully saturated rings. The van der Waals surface area contributed by atoms with Crippen molar-refractivity contribution in [1.29, 1.82) is 5.26 Å². The van der Waals surface area contributed by atoms with E-state index >= 15 is 0 Å². The molecule has 0 aliphatic carbocycles. The lowest BCUT2D eigenvalue weighted by Gasteiger charge is -2.09. The first-order chi connectivity index (χ1) is 8.24. The largest absolute Gasteiger partial charge is 0.384 e. The van der Waals surface area contributed by atoms with Gasteiger partial charge in [-0.2, -0.15) is 5.26 Å². The SMILES string of the molecule is CC(C)OCCCCNc1ccccc1C#N. The fourth-order valence-electron chi connectivity index (χ4n) is 1.50. The summed E-state index contributed by atoms with van der Waals surface area (Å²) in [5, 5.41) is 12.2. The molecule has 17 heavy (non-hydrogen) atoms. The van der Waals surface area contributed by atoms with Gasteiger partial charge < -0.3 is 10.1 Å². The Hall–Kier alpha value is -1.53. The van der Waals surface area contributed by atoms with Crippen LogP contribution in [-0.2, 0) is 4.74 Å². The van der Waals surface area contributed by atoms with Crippen LogP contribution in [0.25, 0.3) is 0 Å². The van der Waals surface area contributed by atoms with Gasteiger partial charge in [0.15, 0.2) is 0 Å². The summed E-state index contributed by atoms with van der Waals surface area (Å²) in [5.41, 5.74) is 1.62. The molecule has 0 saturated heterocycles. The van der Waals surface area contributed by atoms with E-state index in [1.54, 1.807) is 0 Å². The van der Waals surface area contributed by atoms with Crippen LogP contribution >= 0.6 is 0 Å². The third kappa shape index (κ3) is 5.37. The third-order valence-electron chi connectivity index (χ3n) is 2.39. The van der Waals surface area contributed by atoms with Crippen molar-refractivity contribution in [1.82, 2.24) is 0 Å². The monoisotopic (exact) mass is 232 g/mol. The van der Waals surface area contributed by atoms with E-state index in [-0.39, 0.29) is 0 Å². The van der Waals surface area contributed by atoms with Gasteiger partial charge in [-0.05, 0) is 38.8 Å². The van der Waals surface area contributed by atoms with Crippen LogP contribution in [0.3, 0.4) is 0 Å². The van der Waals surface area contributed by atoms with Gasteiger partial charge >= 0.3 is 0 Å². The van der Waals surface area contributed by atoms with E-state index in [9.17, 15) is 0 Å². The van der Waals surface area contributed by atoms with Crippen LogP contribution in [0.2, 0.25) is 0 Å². The molecular weight excluding hydrogens is 212 g/mol. The van der Waals surface area contributed by atoms with Gasteiger partial charge in [-0.1, -0.05) is 12.1 Å². The molecule has 1 aromatic rings. The maximum atomic E-state index is 8.91. The first-order valence-corrected chi connectivity index (χ1v) is 6.08.